The van der Waals surface area contributed by atoms with Gasteiger partial charge in [-0.1, -0.05) is 60.1 Å². The molecule has 4 rings (SSSR count). The molecule has 0 N–H and O–H groups in total. The first-order valence-electron chi connectivity index (χ1n) is 7.61. The fourth-order valence-corrected chi connectivity index (χ4v) is 3.01. The standard InChI is InChI=1S/C20H16ClN2.BrH/c21-18-11-9-16(10-12-18)14-23-19(17-6-2-1-3-7-17)15-22-13-5-4-8-20(22)23;/h1-13,15H,14H2;1H/q+1;/p-1. The second kappa shape index (κ2) is 7.20. The van der Waals surface area contributed by atoms with Gasteiger partial charge in [-0.25, -0.2) is 8.97 Å². The maximum Gasteiger partial charge on any atom is 0.286 e. The van der Waals surface area contributed by atoms with E-state index in [1.165, 1.54) is 22.5 Å². The largest absolute Gasteiger partial charge is 1.00 e. The van der Waals surface area contributed by atoms with Crippen LogP contribution in [0.3, 0.4) is 0 Å². The van der Waals surface area contributed by atoms with Crippen molar-refractivity contribution in [2.75, 3.05) is 0 Å². The van der Waals surface area contributed by atoms with Crippen molar-refractivity contribution < 1.29 is 21.4 Å². The third kappa shape index (κ3) is 3.23. The second-order valence-electron chi connectivity index (χ2n) is 5.56. The molecular formula is C20H16BrClN2. The Hall–Kier alpha value is -2.10. The number of imidazole rings is 1. The fourth-order valence-electron chi connectivity index (χ4n) is 2.89. The Balaban J connectivity index is 0.00000169. The van der Waals surface area contributed by atoms with Gasteiger partial charge in [0.25, 0.3) is 5.65 Å². The molecule has 0 bridgehead atoms. The van der Waals surface area contributed by atoms with Crippen LogP contribution in [0.5, 0.6) is 0 Å². The van der Waals surface area contributed by atoms with E-state index in [9.17, 15) is 0 Å². The minimum absolute atomic E-state index is 0. The molecule has 0 aliphatic carbocycles. The molecule has 0 spiro atoms. The number of rotatable bonds is 3. The van der Waals surface area contributed by atoms with Crippen molar-refractivity contribution in [1.82, 2.24) is 4.57 Å². The third-order valence-electron chi connectivity index (χ3n) is 4.02. The number of pyridine rings is 1. The highest BCUT2D eigenvalue weighted by Crippen LogP contribution is 2.22. The van der Waals surface area contributed by atoms with E-state index in [2.05, 4.69) is 76.0 Å². The van der Waals surface area contributed by atoms with Crippen LogP contribution in [0.2, 0.25) is 5.02 Å². The molecule has 120 valence electrons. The zero-order valence-electron chi connectivity index (χ0n) is 12.9. The molecule has 0 atom stereocenters. The number of hydrogen-bond donors (Lipinski definition) is 0. The molecular weight excluding hydrogens is 384 g/mol. The molecule has 2 aromatic carbocycles. The van der Waals surface area contributed by atoms with Gasteiger partial charge in [-0.2, -0.15) is 0 Å². The highest BCUT2D eigenvalue weighted by Gasteiger charge is 2.18. The predicted octanol–water partition coefficient (Wildman–Crippen LogP) is 1.60. The fraction of sp³-hybridized carbons (Fsp3) is 0.0500. The number of nitrogens with zero attached hydrogens (tertiary/aromatic N) is 2. The van der Waals surface area contributed by atoms with Crippen LogP contribution in [-0.4, -0.2) is 4.57 Å². The van der Waals surface area contributed by atoms with Gasteiger partial charge in [0.1, 0.15) is 12.7 Å². The van der Waals surface area contributed by atoms with Crippen LogP contribution < -0.4 is 21.4 Å². The first-order chi connectivity index (χ1) is 11.3. The summed E-state index contributed by atoms with van der Waals surface area (Å²) in [5.74, 6) is 0. The lowest BCUT2D eigenvalue weighted by Gasteiger charge is -2.04. The Morgan fingerprint density at radius 2 is 1.54 bits per heavy atom. The molecule has 0 saturated carbocycles. The van der Waals surface area contributed by atoms with E-state index < -0.39 is 0 Å². The summed E-state index contributed by atoms with van der Waals surface area (Å²) in [4.78, 5) is 0. The van der Waals surface area contributed by atoms with Crippen LogP contribution >= 0.6 is 11.6 Å². The van der Waals surface area contributed by atoms with Crippen LogP contribution in [0, 0.1) is 0 Å². The molecule has 24 heavy (non-hydrogen) atoms. The predicted molar refractivity (Wildman–Crippen MR) is 93.6 cm³/mol. The molecule has 0 saturated heterocycles. The Morgan fingerprint density at radius 3 is 2.29 bits per heavy atom. The van der Waals surface area contributed by atoms with E-state index in [0.717, 1.165) is 11.6 Å². The van der Waals surface area contributed by atoms with Gasteiger partial charge in [0.15, 0.2) is 5.69 Å². The van der Waals surface area contributed by atoms with Crippen molar-refractivity contribution >= 4 is 17.2 Å². The van der Waals surface area contributed by atoms with Gasteiger partial charge in [0, 0.05) is 16.7 Å². The highest BCUT2D eigenvalue weighted by molar-refractivity contribution is 6.30. The van der Waals surface area contributed by atoms with Crippen LogP contribution in [0.1, 0.15) is 5.56 Å². The lowest BCUT2D eigenvalue weighted by Crippen LogP contribution is -3.00. The van der Waals surface area contributed by atoms with Crippen LogP contribution in [0.15, 0.2) is 85.2 Å². The molecule has 0 aliphatic heterocycles. The lowest BCUT2D eigenvalue weighted by atomic mass is 10.1. The van der Waals surface area contributed by atoms with Crippen molar-refractivity contribution in [2.24, 2.45) is 0 Å². The van der Waals surface area contributed by atoms with Gasteiger partial charge in [0.2, 0.25) is 0 Å². The Bertz CT molecular complexity index is 946. The Labute approximate surface area is 156 Å². The molecule has 2 nitrogen and oxygen atoms in total. The molecule has 2 heterocycles. The summed E-state index contributed by atoms with van der Waals surface area (Å²) < 4.78 is 4.50. The van der Waals surface area contributed by atoms with Gasteiger partial charge < -0.3 is 17.0 Å². The minimum atomic E-state index is 0. The van der Waals surface area contributed by atoms with Crippen LogP contribution in [-0.2, 0) is 6.54 Å². The Kier molecular flexibility index (Phi) is 5.03. The van der Waals surface area contributed by atoms with E-state index in [-0.39, 0.29) is 17.0 Å². The molecule has 0 unspecified atom stereocenters. The number of aromatic nitrogens is 2. The first-order valence-corrected chi connectivity index (χ1v) is 7.98. The number of fused-ring (bicyclic) bond motifs is 1. The second-order valence-corrected chi connectivity index (χ2v) is 6.00. The molecule has 4 aromatic rings. The number of hydrogen-bond acceptors (Lipinski definition) is 0. The average molecular weight is 400 g/mol. The van der Waals surface area contributed by atoms with Gasteiger partial charge in [-0.05, 0) is 23.8 Å². The van der Waals surface area contributed by atoms with E-state index in [1.54, 1.807) is 0 Å². The zero-order chi connectivity index (χ0) is 15.6. The van der Waals surface area contributed by atoms with Gasteiger partial charge >= 0.3 is 0 Å². The summed E-state index contributed by atoms with van der Waals surface area (Å²) in [6, 6.07) is 24.8. The molecule has 4 heteroatoms. The summed E-state index contributed by atoms with van der Waals surface area (Å²) >= 11 is 6.00. The van der Waals surface area contributed by atoms with Gasteiger partial charge in [-0.3, -0.25) is 0 Å². The van der Waals surface area contributed by atoms with Crippen molar-refractivity contribution in [3.63, 3.8) is 0 Å². The van der Waals surface area contributed by atoms with Crippen molar-refractivity contribution in [3.05, 3.63) is 95.8 Å². The first kappa shape index (κ1) is 16.7. The minimum Gasteiger partial charge on any atom is -1.00 e. The van der Waals surface area contributed by atoms with Crippen molar-refractivity contribution in [3.8, 4) is 11.3 Å². The zero-order valence-corrected chi connectivity index (χ0v) is 15.3. The van der Waals surface area contributed by atoms with E-state index in [1.807, 2.05) is 18.2 Å². The summed E-state index contributed by atoms with van der Waals surface area (Å²) in [7, 11) is 0. The molecule has 2 aromatic heterocycles. The van der Waals surface area contributed by atoms with Crippen molar-refractivity contribution in [1.29, 1.82) is 0 Å². The molecule has 0 fully saturated rings. The summed E-state index contributed by atoms with van der Waals surface area (Å²) in [6.07, 6.45) is 4.26. The van der Waals surface area contributed by atoms with E-state index in [0.29, 0.717) is 0 Å². The number of benzene rings is 2. The monoisotopic (exact) mass is 398 g/mol. The smallest absolute Gasteiger partial charge is 0.286 e. The summed E-state index contributed by atoms with van der Waals surface area (Å²) in [5.41, 5.74) is 4.81. The average Bonchev–Trinajstić information content (AvgIpc) is 2.96. The van der Waals surface area contributed by atoms with Crippen LogP contribution in [0.4, 0.5) is 0 Å². The molecule has 0 amide bonds. The maximum atomic E-state index is 6.00. The van der Waals surface area contributed by atoms with E-state index >= 15 is 0 Å². The topological polar surface area (TPSA) is 9.03 Å². The number of halogens is 2. The van der Waals surface area contributed by atoms with Gasteiger partial charge in [-0.15, -0.1) is 0 Å². The molecule has 0 radical (unpaired) electrons. The summed E-state index contributed by atoms with van der Waals surface area (Å²) in [6.45, 7) is 0.807. The third-order valence-corrected chi connectivity index (χ3v) is 4.27. The SMILES string of the molecule is Clc1ccc(Cn2c(-c3ccccc3)c[n+]3ccccc23)cc1.[Br-]. The highest BCUT2D eigenvalue weighted by atomic mass is 79.9. The maximum absolute atomic E-state index is 6.00. The van der Waals surface area contributed by atoms with Crippen LogP contribution in [0.25, 0.3) is 16.9 Å². The van der Waals surface area contributed by atoms with E-state index in [4.69, 9.17) is 11.6 Å². The normalized spacial score (nSPS) is 10.5. The summed E-state index contributed by atoms with van der Waals surface area (Å²) in [5, 5.41) is 0.767. The van der Waals surface area contributed by atoms with Crippen molar-refractivity contribution in [2.45, 2.75) is 6.54 Å². The van der Waals surface area contributed by atoms with Gasteiger partial charge in [0.05, 0.1) is 6.20 Å². The lowest BCUT2D eigenvalue weighted by molar-refractivity contribution is -0.510. The quantitative estimate of drug-likeness (QED) is 0.463. The Morgan fingerprint density at radius 1 is 0.833 bits per heavy atom. The molecule has 0 aliphatic rings.